The number of carbonyl (C=O) groups excluding carboxylic acids is 1. The lowest BCUT2D eigenvalue weighted by molar-refractivity contribution is -0.137. The van der Waals surface area contributed by atoms with E-state index in [1.807, 2.05) is 30.4 Å². The van der Waals surface area contributed by atoms with Gasteiger partial charge in [-0.15, -0.1) is 0 Å². The first kappa shape index (κ1) is 22.4. The maximum Gasteiger partial charge on any atom is 0.303 e. The third kappa shape index (κ3) is 7.55. The second-order valence-electron chi connectivity index (χ2n) is 7.19. The highest BCUT2D eigenvalue weighted by Crippen LogP contribution is 2.20. The van der Waals surface area contributed by atoms with Gasteiger partial charge in [-0.05, 0) is 37.3 Å². The first-order chi connectivity index (χ1) is 14.0. The van der Waals surface area contributed by atoms with Crippen molar-refractivity contribution >= 4 is 11.9 Å². The molecule has 1 amide bonds. The van der Waals surface area contributed by atoms with E-state index in [1.54, 1.807) is 23.1 Å². The fourth-order valence-electron chi connectivity index (χ4n) is 3.42. The van der Waals surface area contributed by atoms with Gasteiger partial charge in [0.25, 0.3) is 0 Å². The highest BCUT2D eigenvalue weighted by Gasteiger charge is 2.25. The minimum absolute atomic E-state index is 0.0687. The van der Waals surface area contributed by atoms with E-state index in [0.29, 0.717) is 37.8 Å². The number of likely N-dealkylation sites (tertiary alicyclic amines) is 1. The number of nitriles is 1. The molecule has 6 heteroatoms. The number of hydrogen-bond acceptors (Lipinski definition) is 4. The number of carbonyl (C=O) groups is 2. The van der Waals surface area contributed by atoms with E-state index in [4.69, 9.17) is 10.4 Å². The fourth-order valence-corrected chi connectivity index (χ4v) is 3.42. The van der Waals surface area contributed by atoms with Crippen molar-refractivity contribution in [1.29, 1.82) is 5.26 Å². The van der Waals surface area contributed by atoms with Crippen LogP contribution in [-0.2, 0) is 16.0 Å². The van der Waals surface area contributed by atoms with Gasteiger partial charge in [-0.2, -0.15) is 5.26 Å². The Labute approximate surface area is 171 Å². The number of amides is 1. The smallest absolute Gasteiger partial charge is 0.303 e. The number of benzene rings is 1. The Hall–Kier alpha value is -2.91. The van der Waals surface area contributed by atoms with Crippen LogP contribution in [0.3, 0.4) is 0 Å². The fraction of sp³-hybridized carbons (Fsp3) is 0.435. The van der Waals surface area contributed by atoms with Gasteiger partial charge in [-0.25, -0.2) is 0 Å². The molecule has 2 atom stereocenters. The first-order valence-electron chi connectivity index (χ1n) is 10.0. The van der Waals surface area contributed by atoms with E-state index in [9.17, 15) is 14.7 Å². The van der Waals surface area contributed by atoms with E-state index in [2.05, 4.69) is 6.07 Å². The van der Waals surface area contributed by atoms with Crippen molar-refractivity contribution in [3.05, 3.63) is 59.7 Å². The molecule has 0 bridgehead atoms. The van der Waals surface area contributed by atoms with Gasteiger partial charge in [-0.1, -0.05) is 42.5 Å². The second-order valence-corrected chi connectivity index (χ2v) is 7.19. The van der Waals surface area contributed by atoms with Crippen molar-refractivity contribution in [3.8, 4) is 6.07 Å². The highest BCUT2D eigenvalue weighted by molar-refractivity contribution is 5.77. The predicted octanol–water partition coefficient (Wildman–Crippen LogP) is 3.21. The van der Waals surface area contributed by atoms with Crippen LogP contribution in [0.4, 0.5) is 0 Å². The summed E-state index contributed by atoms with van der Waals surface area (Å²) < 4.78 is 0. The van der Waals surface area contributed by atoms with E-state index in [-0.39, 0.29) is 18.4 Å². The van der Waals surface area contributed by atoms with E-state index >= 15 is 0 Å². The van der Waals surface area contributed by atoms with Crippen molar-refractivity contribution in [2.75, 3.05) is 6.54 Å². The number of piperidine rings is 1. The lowest BCUT2D eigenvalue weighted by Crippen LogP contribution is -2.42. The summed E-state index contributed by atoms with van der Waals surface area (Å²) in [6, 6.07) is 9.27. The Kier molecular flexibility index (Phi) is 9.13. The molecule has 1 aromatic carbocycles. The molecular formula is C23H28N2O4. The van der Waals surface area contributed by atoms with Crippen molar-refractivity contribution in [1.82, 2.24) is 4.90 Å². The van der Waals surface area contributed by atoms with E-state index in [0.717, 1.165) is 18.4 Å². The Balaban J connectivity index is 1.91. The van der Waals surface area contributed by atoms with Gasteiger partial charge in [0.2, 0.25) is 5.91 Å². The SMILES string of the molecule is N#Cc1ccccc1CC(O)C=C[C@H]1CCCC(=O)N1CC=CCCCC(=O)O. The number of aliphatic hydroxyl groups excluding tert-OH is 1. The number of aliphatic carboxylic acids is 1. The molecule has 2 rings (SSSR count). The zero-order valence-corrected chi connectivity index (χ0v) is 16.5. The molecule has 29 heavy (non-hydrogen) atoms. The monoisotopic (exact) mass is 396 g/mol. The summed E-state index contributed by atoms with van der Waals surface area (Å²) >= 11 is 0. The number of rotatable bonds is 10. The van der Waals surface area contributed by atoms with Gasteiger partial charge < -0.3 is 15.1 Å². The number of allylic oxidation sites excluding steroid dienone is 1. The Morgan fingerprint density at radius 2 is 2.14 bits per heavy atom. The molecule has 0 saturated carbocycles. The molecule has 1 aliphatic heterocycles. The van der Waals surface area contributed by atoms with Crippen molar-refractivity contribution in [2.45, 2.75) is 57.1 Å². The van der Waals surface area contributed by atoms with Crippen LogP contribution in [-0.4, -0.2) is 45.7 Å². The molecule has 2 N–H and O–H groups in total. The average Bonchev–Trinajstić information content (AvgIpc) is 2.70. The normalized spacial score (nSPS) is 18.3. The van der Waals surface area contributed by atoms with Crippen LogP contribution in [0.15, 0.2) is 48.6 Å². The van der Waals surface area contributed by atoms with Crippen LogP contribution in [0.2, 0.25) is 0 Å². The van der Waals surface area contributed by atoms with Gasteiger partial charge in [0.1, 0.15) is 0 Å². The van der Waals surface area contributed by atoms with Crippen molar-refractivity contribution in [2.24, 2.45) is 0 Å². The summed E-state index contributed by atoms with van der Waals surface area (Å²) in [6.07, 6.45) is 10.6. The van der Waals surface area contributed by atoms with E-state index in [1.165, 1.54) is 0 Å². The van der Waals surface area contributed by atoms with Crippen LogP contribution >= 0.6 is 0 Å². The molecule has 1 heterocycles. The number of hydrogen-bond donors (Lipinski definition) is 2. The zero-order valence-electron chi connectivity index (χ0n) is 16.5. The van der Waals surface area contributed by atoms with Crippen LogP contribution < -0.4 is 0 Å². The molecule has 0 aliphatic carbocycles. The summed E-state index contributed by atoms with van der Waals surface area (Å²) in [7, 11) is 0. The summed E-state index contributed by atoms with van der Waals surface area (Å²) in [5.74, 6) is -0.712. The van der Waals surface area contributed by atoms with Crippen LogP contribution in [0.1, 0.15) is 49.7 Å². The minimum atomic E-state index is -0.800. The number of carboxylic acid groups (broad SMARTS) is 1. The molecule has 1 fully saturated rings. The second kappa shape index (κ2) is 11.8. The van der Waals surface area contributed by atoms with Crippen molar-refractivity contribution < 1.29 is 19.8 Å². The largest absolute Gasteiger partial charge is 0.481 e. The molecule has 0 aromatic heterocycles. The quantitative estimate of drug-likeness (QED) is 0.467. The lowest BCUT2D eigenvalue weighted by atomic mass is 9.98. The summed E-state index contributed by atoms with van der Waals surface area (Å²) in [5, 5.41) is 28.2. The Bertz CT molecular complexity index is 794. The van der Waals surface area contributed by atoms with Crippen LogP contribution in [0, 0.1) is 11.3 Å². The maximum atomic E-state index is 12.3. The Morgan fingerprint density at radius 3 is 2.90 bits per heavy atom. The molecule has 6 nitrogen and oxygen atoms in total. The number of carboxylic acids is 1. The molecule has 0 spiro atoms. The van der Waals surface area contributed by atoms with Crippen molar-refractivity contribution in [3.63, 3.8) is 0 Å². The van der Waals surface area contributed by atoms with Gasteiger partial charge >= 0.3 is 5.97 Å². The number of unbranched alkanes of at least 4 members (excludes halogenated alkanes) is 1. The van der Waals surface area contributed by atoms with E-state index < -0.39 is 12.1 Å². The van der Waals surface area contributed by atoms with Crippen LogP contribution in [0.5, 0.6) is 0 Å². The number of aliphatic hydroxyl groups is 1. The summed E-state index contributed by atoms with van der Waals surface area (Å²) in [5.41, 5.74) is 1.36. The van der Waals surface area contributed by atoms with Crippen LogP contribution in [0.25, 0.3) is 0 Å². The topological polar surface area (TPSA) is 102 Å². The molecule has 1 aliphatic rings. The standard InChI is InChI=1S/C23H28N2O4/c24-17-19-9-5-4-8-18(19)16-21(26)14-13-20-10-7-11-22(27)25(20)15-6-2-1-3-12-23(28)29/h2,4-6,8-9,13-14,20-21,26H,1,3,7,10-12,15-16H2,(H,28,29)/t20-,21?/m1/s1. The predicted molar refractivity (Wildman–Crippen MR) is 110 cm³/mol. The van der Waals surface area contributed by atoms with Gasteiger partial charge in [-0.3, -0.25) is 9.59 Å². The maximum absolute atomic E-state index is 12.3. The molecule has 1 aromatic rings. The summed E-state index contributed by atoms with van der Waals surface area (Å²) in [6.45, 7) is 0.480. The summed E-state index contributed by atoms with van der Waals surface area (Å²) in [4.78, 5) is 24.6. The Morgan fingerprint density at radius 1 is 1.34 bits per heavy atom. The molecule has 1 unspecified atom stereocenters. The molecular weight excluding hydrogens is 368 g/mol. The van der Waals surface area contributed by atoms with Gasteiger partial charge in [0.15, 0.2) is 0 Å². The number of nitrogens with zero attached hydrogens (tertiary/aromatic N) is 2. The first-order valence-corrected chi connectivity index (χ1v) is 10.0. The highest BCUT2D eigenvalue weighted by atomic mass is 16.4. The lowest BCUT2D eigenvalue weighted by Gasteiger charge is -2.33. The zero-order chi connectivity index (χ0) is 21.1. The third-order valence-corrected chi connectivity index (χ3v) is 4.96. The molecule has 0 radical (unpaired) electrons. The minimum Gasteiger partial charge on any atom is -0.481 e. The average molecular weight is 396 g/mol. The molecule has 154 valence electrons. The third-order valence-electron chi connectivity index (χ3n) is 4.96. The van der Waals surface area contributed by atoms with Gasteiger partial charge in [0.05, 0.1) is 23.8 Å². The van der Waals surface area contributed by atoms with Gasteiger partial charge in [0, 0.05) is 25.8 Å². The molecule has 1 saturated heterocycles.